The Hall–Kier alpha value is -1.95. The van der Waals surface area contributed by atoms with Crippen LogP contribution in [-0.2, 0) is 13.0 Å². The quantitative estimate of drug-likeness (QED) is 0.634. The van der Waals surface area contributed by atoms with E-state index < -0.39 is 0 Å². The predicted molar refractivity (Wildman–Crippen MR) is 110 cm³/mol. The van der Waals surface area contributed by atoms with Gasteiger partial charge in [0.15, 0.2) is 17.5 Å². The smallest absolute Gasteiger partial charge is 0.194 e. The fraction of sp³-hybridized carbons (Fsp3) is 0.667. The second-order valence-electron chi connectivity index (χ2n) is 7.50. The van der Waals surface area contributed by atoms with Gasteiger partial charge in [0.1, 0.15) is 0 Å². The Labute approximate surface area is 163 Å². The summed E-state index contributed by atoms with van der Waals surface area (Å²) in [6.45, 7) is 7.39. The number of nitrogens with one attached hydrogen (secondary N) is 1. The minimum Gasteiger partial charge on any atom is -0.493 e. The first-order valence-corrected chi connectivity index (χ1v) is 10.1. The highest BCUT2D eigenvalue weighted by molar-refractivity contribution is 5.80. The molecule has 0 bridgehead atoms. The van der Waals surface area contributed by atoms with E-state index >= 15 is 0 Å². The average Bonchev–Trinajstić information content (AvgIpc) is 2.71. The summed E-state index contributed by atoms with van der Waals surface area (Å²) in [4.78, 5) is 9.44. The molecule has 1 aromatic rings. The minimum atomic E-state index is 0.701. The normalized spacial score (nSPS) is 21.0. The number of aliphatic imine (C=N–C) groups is 1. The summed E-state index contributed by atoms with van der Waals surface area (Å²) in [7, 11) is 5.25. The molecule has 1 saturated heterocycles. The molecule has 3 rings (SSSR count). The van der Waals surface area contributed by atoms with Gasteiger partial charge in [0.05, 0.1) is 14.2 Å². The molecule has 0 aliphatic carbocycles. The van der Waals surface area contributed by atoms with Crippen LogP contribution in [0.1, 0.15) is 37.3 Å². The van der Waals surface area contributed by atoms with Crippen LogP contribution in [0.3, 0.4) is 0 Å². The molecule has 0 spiro atoms. The van der Waals surface area contributed by atoms with E-state index in [1.54, 1.807) is 14.2 Å². The predicted octanol–water partition coefficient (Wildman–Crippen LogP) is 2.51. The number of hydrogen-bond acceptors (Lipinski definition) is 4. The van der Waals surface area contributed by atoms with Gasteiger partial charge in [-0.15, -0.1) is 0 Å². The number of guanidine groups is 1. The topological polar surface area (TPSA) is 49.3 Å². The standard InChI is InChI=1S/C21H34N4O2/c1-16-7-5-6-10-24(16)12-9-23-21(22-2)25-11-8-17-13-19(26-3)20(27-4)14-18(17)15-25/h13-14,16H,5-12,15H2,1-4H3,(H,22,23). The van der Waals surface area contributed by atoms with Gasteiger partial charge in [-0.25, -0.2) is 0 Å². The summed E-state index contributed by atoms with van der Waals surface area (Å²) in [6.07, 6.45) is 5.00. The molecular weight excluding hydrogens is 340 g/mol. The third-order valence-electron chi connectivity index (χ3n) is 5.85. The largest absolute Gasteiger partial charge is 0.493 e. The zero-order valence-electron chi connectivity index (χ0n) is 17.3. The molecule has 1 unspecified atom stereocenters. The molecule has 1 atom stereocenters. The molecule has 6 nitrogen and oxygen atoms in total. The molecule has 0 aromatic heterocycles. The van der Waals surface area contributed by atoms with E-state index in [4.69, 9.17) is 9.47 Å². The fourth-order valence-corrected chi connectivity index (χ4v) is 4.20. The first-order chi connectivity index (χ1) is 13.2. The molecule has 1 N–H and O–H groups in total. The first-order valence-electron chi connectivity index (χ1n) is 10.1. The van der Waals surface area contributed by atoms with E-state index in [0.717, 1.165) is 50.1 Å². The van der Waals surface area contributed by atoms with Gasteiger partial charge in [0.2, 0.25) is 0 Å². The number of benzene rings is 1. The number of ether oxygens (including phenoxy) is 2. The Morgan fingerprint density at radius 1 is 1.15 bits per heavy atom. The summed E-state index contributed by atoms with van der Waals surface area (Å²) in [5.41, 5.74) is 2.62. The monoisotopic (exact) mass is 374 g/mol. The lowest BCUT2D eigenvalue weighted by molar-refractivity contribution is 0.163. The highest BCUT2D eigenvalue weighted by Crippen LogP contribution is 2.33. The lowest BCUT2D eigenvalue weighted by Gasteiger charge is -2.35. The second kappa shape index (κ2) is 9.31. The van der Waals surface area contributed by atoms with Crippen LogP contribution >= 0.6 is 0 Å². The van der Waals surface area contributed by atoms with Crippen LogP contribution in [0.25, 0.3) is 0 Å². The first kappa shape index (κ1) is 19.8. The van der Waals surface area contributed by atoms with Gasteiger partial charge in [-0.3, -0.25) is 9.89 Å². The number of piperidine rings is 1. The maximum absolute atomic E-state index is 5.47. The van der Waals surface area contributed by atoms with E-state index in [1.165, 1.54) is 36.9 Å². The van der Waals surface area contributed by atoms with Crippen LogP contribution in [0.15, 0.2) is 17.1 Å². The third kappa shape index (κ3) is 4.67. The van der Waals surface area contributed by atoms with Crippen molar-refractivity contribution in [3.05, 3.63) is 23.3 Å². The second-order valence-corrected chi connectivity index (χ2v) is 7.50. The number of rotatable bonds is 5. The van der Waals surface area contributed by atoms with Crippen molar-refractivity contribution in [2.45, 2.75) is 45.2 Å². The van der Waals surface area contributed by atoms with Crippen LogP contribution in [0, 0.1) is 0 Å². The summed E-state index contributed by atoms with van der Waals surface area (Å²) in [5, 5.41) is 3.57. The molecule has 1 aromatic carbocycles. The van der Waals surface area contributed by atoms with Crippen LogP contribution in [0.5, 0.6) is 11.5 Å². The van der Waals surface area contributed by atoms with Crippen molar-refractivity contribution in [3.8, 4) is 11.5 Å². The summed E-state index contributed by atoms with van der Waals surface area (Å²) >= 11 is 0. The molecule has 1 fully saturated rings. The fourth-order valence-electron chi connectivity index (χ4n) is 4.20. The molecule has 2 aliphatic rings. The molecule has 150 valence electrons. The van der Waals surface area contributed by atoms with Gasteiger partial charge in [-0.1, -0.05) is 6.42 Å². The minimum absolute atomic E-state index is 0.701. The number of hydrogen-bond donors (Lipinski definition) is 1. The van der Waals surface area contributed by atoms with Gasteiger partial charge in [0.25, 0.3) is 0 Å². The van der Waals surface area contributed by atoms with Crippen molar-refractivity contribution in [2.24, 2.45) is 4.99 Å². The number of nitrogens with zero attached hydrogens (tertiary/aromatic N) is 3. The third-order valence-corrected chi connectivity index (χ3v) is 5.85. The maximum Gasteiger partial charge on any atom is 0.194 e. The summed E-state index contributed by atoms with van der Waals surface area (Å²) < 4.78 is 10.9. The van der Waals surface area contributed by atoms with Gasteiger partial charge < -0.3 is 19.7 Å². The van der Waals surface area contributed by atoms with E-state index in [1.807, 2.05) is 7.05 Å². The molecule has 0 saturated carbocycles. The summed E-state index contributed by atoms with van der Waals surface area (Å²) in [5.74, 6) is 2.59. The van der Waals surface area contributed by atoms with Gasteiger partial charge in [0, 0.05) is 39.3 Å². The molecule has 6 heteroatoms. The van der Waals surface area contributed by atoms with Crippen molar-refractivity contribution in [1.82, 2.24) is 15.1 Å². The highest BCUT2D eigenvalue weighted by atomic mass is 16.5. The van der Waals surface area contributed by atoms with Gasteiger partial charge in [-0.2, -0.15) is 0 Å². The van der Waals surface area contributed by atoms with Crippen LogP contribution < -0.4 is 14.8 Å². The average molecular weight is 375 g/mol. The van der Waals surface area contributed by atoms with Crippen LogP contribution in [0.2, 0.25) is 0 Å². The van der Waals surface area contributed by atoms with Gasteiger partial charge >= 0.3 is 0 Å². The van der Waals surface area contributed by atoms with Crippen LogP contribution in [0.4, 0.5) is 0 Å². The molecule has 27 heavy (non-hydrogen) atoms. The van der Waals surface area contributed by atoms with Crippen molar-refractivity contribution in [3.63, 3.8) is 0 Å². The Bertz CT molecular complexity index is 662. The Kier molecular flexibility index (Phi) is 6.83. The van der Waals surface area contributed by atoms with E-state index in [2.05, 4.69) is 39.2 Å². The Balaban J connectivity index is 1.59. The van der Waals surface area contributed by atoms with Crippen molar-refractivity contribution >= 4 is 5.96 Å². The van der Waals surface area contributed by atoms with Crippen molar-refractivity contribution in [1.29, 1.82) is 0 Å². The number of fused-ring (bicyclic) bond motifs is 1. The molecule has 2 aliphatic heterocycles. The number of likely N-dealkylation sites (tertiary alicyclic amines) is 1. The maximum atomic E-state index is 5.47. The molecular formula is C21H34N4O2. The molecule has 0 amide bonds. The van der Waals surface area contributed by atoms with Crippen molar-refractivity contribution < 1.29 is 9.47 Å². The zero-order valence-corrected chi connectivity index (χ0v) is 17.3. The van der Waals surface area contributed by atoms with Crippen LogP contribution in [-0.4, -0.2) is 69.2 Å². The zero-order chi connectivity index (χ0) is 19.2. The van der Waals surface area contributed by atoms with Crippen molar-refractivity contribution in [2.75, 3.05) is 47.4 Å². The van der Waals surface area contributed by atoms with E-state index in [0.29, 0.717) is 6.04 Å². The van der Waals surface area contributed by atoms with Gasteiger partial charge in [-0.05, 0) is 56.0 Å². The van der Waals surface area contributed by atoms with E-state index in [9.17, 15) is 0 Å². The lowest BCUT2D eigenvalue weighted by atomic mass is 9.99. The SMILES string of the molecule is CN=C(NCCN1CCCCC1C)N1CCc2cc(OC)c(OC)cc2C1. The molecule has 2 heterocycles. The Morgan fingerprint density at radius 3 is 2.56 bits per heavy atom. The molecule has 0 radical (unpaired) electrons. The summed E-state index contributed by atoms with van der Waals surface area (Å²) in [6, 6.07) is 4.91. The number of methoxy groups -OCH3 is 2. The highest BCUT2D eigenvalue weighted by Gasteiger charge is 2.22. The van der Waals surface area contributed by atoms with E-state index in [-0.39, 0.29) is 0 Å². The lowest BCUT2D eigenvalue weighted by Crippen LogP contribution is -2.47. The Morgan fingerprint density at radius 2 is 1.89 bits per heavy atom.